The van der Waals surface area contributed by atoms with Gasteiger partial charge in [0.15, 0.2) is 5.78 Å². The average Bonchev–Trinajstić information content (AvgIpc) is 2.81. The molecule has 19 heavy (non-hydrogen) atoms. The van der Waals surface area contributed by atoms with Crippen molar-refractivity contribution in [3.63, 3.8) is 0 Å². The highest BCUT2D eigenvalue weighted by Gasteiger charge is 2.20. The van der Waals surface area contributed by atoms with Crippen LogP contribution in [0, 0.1) is 0 Å². The van der Waals surface area contributed by atoms with Gasteiger partial charge in [0.05, 0.1) is 5.56 Å². The molecule has 3 rings (SSSR count). The zero-order valence-corrected chi connectivity index (χ0v) is 10.3. The van der Waals surface area contributed by atoms with Crippen molar-refractivity contribution in [2.75, 3.05) is 0 Å². The van der Waals surface area contributed by atoms with Gasteiger partial charge in [0.1, 0.15) is 5.75 Å². The summed E-state index contributed by atoms with van der Waals surface area (Å²) in [4.78, 5) is 23.4. The Morgan fingerprint density at radius 2 is 1.79 bits per heavy atom. The molecule has 0 radical (unpaired) electrons. The molecule has 2 aromatic carbocycles. The van der Waals surface area contributed by atoms with E-state index in [1.54, 1.807) is 42.5 Å². The summed E-state index contributed by atoms with van der Waals surface area (Å²) in [5.41, 5.74) is 2.22. The highest BCUT2D eigenvalue weighted by atomic mass is 16.5. The molecule has 0 spiro atoms. The Balaban J connectivity index is 1.81. The molecule has 0 N–H and O–H groups in total. The van der Waals surface area contributed by atoms with E-state index in [0.29, 0.717) is 17.7 Å². The van der Waals surface area contributed by atoms with Crippen molar-refractivity contribution in [1.82, 2.24) is 0 Å². The third kappa shape index (κ3) is 2.27. The number of ether oxygens (including phenoxy) is 1. The largest absolute Gasteiger partial charge is 0.423 e. The minimum Gasteiger partial charge on any atom is -0.423 e. The van der Waals surface area contributed by atoms with Crippen molar-refractivity contribution in [1.29, 1.82) is 0 Å². The number of carbonyl (C=O) groups is 2. The van der Waals surface area contributed by atoms with E-state index in [-0.39, 0.29) is 11.8 Å². The molecule has 0 saturated carbocycles. The van der Waals surface area contributed by atoms with E-state index in [0.717, 1.165) is 17.5 Å². The normalized spacial score (nSPS) is 13.2. The fourth-order valence-electron chi connectivity index (χ4n) is 2.24. The van der Waals surface area contributed by atoms with Gasteiger partial charge in [-0.05, 0) is 42.3 Å². The molecule has 3 heteroatoms. The van der Waals surface area contributed by atoms with Gasteiger partial charge in [-0.1, -0.05) is 18.2 Å². The van der Waals surface area contributed by atoms with Crippen LogP contribution in [-0.4, -0.2) is 11.8 Å². The van der Waals surface area contributed by atoms with Crippen LogP contribution >= 0.6 is 0 Å². The highest BCUT2D eigenvalue weighted by Crippen LogP contribution is 2.26. The molecular formula is C16H12O3. The summed E-state index contributed by atoms with van der Waals surface area (Å²) in [6, 6.07) is 14.0. The molecule has 0 atom stereocenters. The second-order valence-corrected chi connectivity index (χ2v) is 4.50. The van der Waals surface area contributed by atoms with E-state index in [1.165, 1.54) is 0 Å². The van der Waals surface area contributed by atoms with Crippen LogP contribution < -0.4 is 4.74 Å². The standard InChI is InChI=1S/C16H12O3/c17-15-9-6-12-10-13(7-8-14(12)15)19-16(18)11-4-2-1-3-5-11/h1-5,7-8,10H,6,9H2. The molecule has 0 aromatic heterocycles. The van der Waals surface area contributed by atoms with Crippen LogP contribution in [0.2, 0.25) is 0 Å². The molecule has 0 heterocycles. The molecule has 0 saturated heterocycles. The van der Waals surface area contributed by atoms with Crippen molar-refractivity contribution >= 4 is 11.8 Å². The first-order chi connectivity index (χ1) is 9.24. The van der Waals surface area contributed by atoms with Crippen LogP contribution in [0.1, 0.15) is 32.7 Å². The first-order valence-corrected chi connectivity index (χ1v) is 6.17. The maximum atomic E-state index is 11.9. The number of Topliss-reactive ketones (excluding diaryl/α,β-unsaturated/α-hetero) is 1. The molecule has 0 unspecified atom stereocenters. The van der Waals surface area contributed by atoms with Gasteiger partial charge >= 0.3 is 5.97 Å². The van der Waals surface area contributed by atoms with Crippen molar-refractivity contribution in [3.8, 4) is 5.75 Å². The maximum Gasteiger partial charge on any atom is 0.343 e. The van der Waals surface area contributed by atoms with E-state index in [2.05, 4.69) is 0 Å². The second kappa shape index (κ2) is 4.69. The molecule has 0 bridgehead atoms. The summed E-state index contributed by atoms with van der Waals surface area (Å²) in [5.74, 6) is 0.267. The molecule has 1 aliphatic rings. The second-order valence-electron chi connectivity index (χ2n) is 4.50. The molecular weight excluding hydrogens is 240 g/mol. The van der Waals surface area contributed by atoms with Crippen molar-refractivity contribution < 1.29 is 14.3 Å². The van der Waals surface area contributed by atoms with E-state index in [1.807, 2.05) is 6.07 Å². The average molecular weight is 252 g/mol. The Kier molecular flexibility index (Phi) is 2.88. The lowest BCUT2D eigenvalue weighted by molar-refractivity contribution is 0.0734. The minimum atomic E-state index is -0.384. The van der Waals surface area contributed by atoms with E-state index in [4.69, 9.17) is 4.74 Å². The van der Waals surface area contributed by atoms with E-state index < -0.39 is 0 Å². The van der Waals surface area contributed by atoms with Gasteiger partial charge in [-0.2, -0.15) is 0 Å². The highest BCUT2D eigenvalue weighted by molar-refractivity contribution is 6.00. The minimum absolute atomic E-state index is 0.163. The fraction of sp³-hybridized carbons (Fsp3) is 0.125. The molecule has 1 aliphatic carbocycles. The van der Waals surface area contributed by atoms with Crippen molar-refractivity contribution in [2.45, 2.75) is 12.8 Å². The molecule has 3 nitrogen and oxygen atoms in total. The van der Waals surface area contributed by atoms with Crippen LogP contribution in [-0.2, 0) is 6.42 Å². The predicted octanol–water partition coefficient (Wildman–Crippen LogP) is 3.03. The first kappa shape index (κ1) is 11.7. The zero-order valence-electron chi connectivity index (χ0n) is 10.3. The topological polar surface area (TPSA) is 43.4 Å². The quantitative estimate of drug-likeness (QED) is 0.609. The molecule has 0 aliphatic heterocycles. The predicted molar refractivity (Wildman–Crippen MR) is 70.5 cm³/mol. The number of aryl methyl sites for hydroxylation is 1. The third-order valence-electron chi connectivity index (χ3n) is 3.22. The van der Waals surface area contributed by atoms with E-state index >= 15 is 0 Å². The third-order valence-corrected chi connectivity index (χ3v) is 3.22. The van der Waals surface area contributed by atoms with Gasteiger partial charge in [0.25, 0.3) is 0 Å². The molecule has 2 aromatic rings. The fourth-order valence-corrected chi connectivity index (χ4v) is 2.24. The van der Waals surface area contributed by atoms with Crippen molar-refractivity contribution in [2.24, 2.45) is 0 Å². The van der Waals surface area contributed by atoms with Crippen LogP contribution in [0.5, 0.6) is 5.75 Å². The van der Waals surface area contributed by atoms with Gasteiger partial charge in [0, 0.05) is 12.0 Å². The number of benzene rings is 2. The van der Waals surface area contributed by atoms with Crippen LogP contribution in [0.15, 0.2) is 48.5 Å². The Labute approximate surface area is 110 Å². The van der Waals surface area contributed by atoms with Crippen LogP contribution in [0.3, 0.4) is 0 Å². The lowest BCUT2D eigenvalue weighted by Gasteiger charge is -2.06. The molecule has 0 fully saturated rings. The maximum absolute atomic E-state index is 11.9. The Morgan fingerprint density at radius 3 is 2.58 bits per heavy atom. The number of fused-ring (bicyclic) bond motifs is 1. The van der Waals surface area contributed by atoms with Gasteiger partial charge < -0.3 is 4.74 Å². The van der Waals surface area contributed by atoms with Crippen LogP contribution in [0.4, 0.5) is 0 Å². The summed E-state index contributed by atoms with van der Waals surface area (Å²) < 4.78 is 5.31. The smallest absolute Gasteiger partial charge is 0.343 e. The SMILES string of the molecule is O=C(Oc1ccc2c(c1)CCC2=O)c1ccccc1. The van der Waals surface area contributed by atoms with E-state index in [9.17, 15) is 9.59 Å². The van der Waals surface area contributed by atoms with Crippen LogP contribution in [0.25, 0.3) is 0 Å². The number of rotatable bonds is 2. The summed E-state index contributed by atoms with van der Waals surface area (Å²) >= 11 is 0. The molecule has 0 amide bonds. The van der Waals surface area contributed by atoms with Gasteiger partial charge in [-0.3, -0.25) is 4.79 Å². The first-order valence-electron chi connectivity index (χ1n) is 6.17. The monoisotopic (exact) mass is 252 g/mol. The van der Waals surface area contributed by atoms with Gasteiger partial charge in [-0.25, -0.2) is 4.79 Å². The van der Waals surface area contributed by atoms with Crippen molar-refractivity contribution in [3.05, 3.63) is 65.2 Å². The summed E-state index contributed by atoms with van der Waals surface area (Å²) in [6.45, 7) is 0. The lowest BCUT2D eigenvalue weighted by atomic mass is 10.1. The Morgan fingerprint density at radius 1 is 1.00 bits per heavy atom. The summed E-state index contributed by atoms with van der Waals surface area (Å²) in [6.07, 6.45) is 1.27. The lowest BCUT2D eigenvalue weighted by Crippen LogP contribution is -2.08. The molecule has 94 valence electrons. The van der Waals surface area contributed by atoms with Gasteiger partial charge in [0.2, 0.25) is 0 Å². The summed E-state index contributed by atoms with van der Waals surface area (Å²) in [5, 5.41) is 0. The number of esters is 1. The number of carbonyl (C=O) groups excluding carboxylic acids is 2. The number of hydrogen-bond acceptors (Lipinski definition) is 3. The Hall–Kier alpha value is -2.42. The number of hydrogen-bond donors (Lipinski definition) is 0. The Bertz CT molecular complexity index is 644. The summed E-state index contributed by atoms with van der Waals surface area (Å²) in [7, 11) is 0. The number of ketones is 1. The zero-order chi connectivity index (χ0) is 13.2. The van der Waals surface area contributed by atoms with Gasteiger partial charge in [-0.15, -0.1) is 0 Å².